The first-order valence-corrected chi connectivity index (χ1v) is 7.92. The molecule has 3 N–H and O–H groups in total. The Morgan fingerprint density at radius 2 is 1.96 bits per heavy atom. The number of nitrogens with one attached hydrogen (secondary N) is 3. The SMILES string of the molecule is O=C1NCC(C(=O)NC2CCN(Cc3ccc(F)cc3)CC2)N1. The Morgan fingerprint density at radius 1 is 1.26 bits per heavy atom. The Kier molecular flexibility index (Phi) is 4.76. The van der Waals surface area contributed by atoms with Gasteiger partial charge in [0.15, 0.2) is 0 Å². The third kappa shape index (κ3) is 4.19. The third-order valence-electron chi connectivity index (χ3n) is 4.34. The highest BCUT2D eigenvalue weighted by Gasteiger charge is 2.29. The van der Waals surface area contributed by atoms with Crippen molar-refractivity contribution in [3.63, 3.8) is 0 Å². The van der Waals surface area contributed by atoms with Gasteiger partial charge in [0.1, 0.15) is 11.9 Å². The standard InChI is InChI=1S/C16H21FN4O2/c17-12-3-1-11(2-4-12)10-21-7-5-13(6-8-21)19-15(22)14-9-18-16(23)20-14/h1-4,13-14H,5-10H2,(H,19,22)(H2,18,20,23). The van der Waals surface area contributed by atoms with E-state index in [0.29, 0.717) is 6.54 Å². The van der Waals surface area contributed by atoms with Gasteiger partial charge < -0.3 is 16.0 Å². The van der Waals surface area contributed by atoms with Crippen molar-refractivity contribution in [2.45, 2.75) is 31.5 Å². The molecule has 0 spiro atoms. The van der Waals surface area contributed by atoms with Crippen LogP contribution in [0, 0.1) is 5.82 Å². The average Bonchev–Trinajstić information content (AvgIpc) is 2.98. The summed E-state index contributed by atoms with van der Waals surface area (Å²) < 4.78 is 12.9. The molecule has 0 aromatic heterocycles. The van der Waals surface area contributed by atoms with Crippen LogP contribution in [0.15, 0.2) is 24.3 Å². The number of carbonyl (C=O) groups excluding carboxylic acids is 2. The molecule has 0 bridgehead atoms. The van der Waals surface area contributed by atoms with Crippen LogP contribution in [0.1, 0.15) is 18.4 Å². The number of carbonyl (C=O) groups is 2. The summed E-state index contributed by atoms with van der Waals surface area (Å²) in [4.78, 5) is 25.4. The molecule has 3 amide bonds. The van der Waals surface area contributed by atoms with Crippen LogP contribution in [0.3, 0.4) is 0 Å². The predicted molar refractivity (Wildman–Crippen MR) is 83.2 cm³/mol. The lowest BCUT2D eigenvalue weighted by Gasteiger charge is -2.32. The number of halogens is 1. The molecular formula is C16H21FN4O2. The van der Waals surface area contributed by atoms with E-state index in [0.717, 1.165) is 38.0 Å². The zero-order chi connectivity index (χ0) is 16.2. The van der Waals surface area contributed by atoms with Gasteiger partial charge >= 0.3 is 6.03 Å². The minimum absolute atomic E-state index is 0.125. The van der Waals surface area contributed by atoms with Gasteiger partial charge in [-0.25, -0.2) is 9.18 Å². The summed E-state index contributed by atoms with van der Waals surface area (Å²) in [5.74, 6) is -0.344. The monoisotopic (exact) mass is 320 g/mol. The van der Waals surface area contributed by atoms with E-state index < -0.39 is 6.04 Å². The maximum atomic E-state index is 12.9. The molecule has 7 heteroatoms. The number of piperidine rings is 1. The highest BCUT2D eigenvalue weighted by molar-refractivity contribution is 5.90. The molecule has 2 aliphatic rings. The van der Waals surface area contributed by atoms with Crippen molar-refractivity contribution in [2.75, 3.05) is 19.6 Å². The van der Waals surface area contributed by atoms with Crippen LogP contribution in [0.4, 0.5) is 9.18 Å². The molecule has 3 rings (SSSR count). The topological polar surface area (TPSA) is 73.5 Å². The van der Waals surface area contributed by atoms with Gasteiger partial charge in [-0.3, -0.25) is 9.69 Å². The van der Waals surface area contributed by atoms with Crippen LogP contribution >= 0.6 is 0 Å². The van der Waals surface area contributed by atoms with E-state index in [1.54, 1.807) is 12.1 Å². The fourth-order valence-electron chi connectivity index (χ4n) is 3.00. The first kappa shape index (κ1) is 15.7. The number of likely N-dealkylation sites (tertiary alicyclic amines) is 1. The number of rotatable bonds is 4. The van der Waals surface area contributed by atoms with Crippen LogP contribution in [-0.4, -0.2) is 48.6 Å². The number of hydrogen-bond acceptors (Lipinski definition) is 3. The fourth-order valence-corrected chi connectivity index (χ4v) is 3.00. The lowest BCUT2D eigenvalue weighted by atomic mass is 10.0. The highest BCUT2D eigenvalue weighted by Crippen LogP contribution is 2.14. The Bertz CT molecular complexity index is 570. The molecular weight excluding hydrogens is 299 g/mol. The molecule has 1 atom stereocenters. The van der Waals surface area contributed by atoms with Crippen molar-refractivity contribution in [2.24, 2.45) is 0 Å². The molecule has 2 aliphatic heterocycles. The van der Waals surface area contributed by atoms with Crippen LogP contribution in [0.25, 0.3) is 0 Å². The van der Waals surface area contributed by atoms with E-state index in [1.807, 2.05) is 0 Å². The van der Waals surface area contributed by atoms with Crippen LogP contribution in [-0.2, 0) is 11.3 Å². The second-order valence-corrected chi connectivity index (χ2v) is 6.09. The van der Waals surface area contributed by atoms with E-state index in [2.05, 4.69) is 20.9 Å². The minimum atomic E-state index is -0.472. The molecule has 23 heavy (non-hydrogen) atoms. The van der Waals surface area contributed by atoms with Gasteiger partial charge in [-0.05, 0) is 30.5 Å². The van der Waals surface area contributed by atoms with Crippen molar-refractivity contribution in [3.8, 4) is 0 Å². The average molecular weight is 320 g/mol. The van der Waals surface area contributed by atoms with Crippen molar-refractivity contribution in [1.29, 1.82) is 0 Å². The molecule has 124 valence electrons. The molecule has 1 unspecified atom stereocenters. The van der Waals surface area contributed by atoms with Crippen molar-refractivity contribution in [1.82, 2.24) is 20.9 Å². The van der Waals surface area contributed by atoms with Gasteiger partial charge in [-0.2, -0.15) is 0 Å². The summed E-state index contributed by atoms with van der Waals surface area (Å²) in [5, 5.41) is 8.17. The Morgan fingerprint density at radius 3 is 2.57 bits per heavy atom. The van der Waals surface area contributed by atoms with E-state index >= 15 is 0 Å². The number of benzene rings is 1. The molecule has 0 aliphatic carbocycles. The number of amides is 3. The van der Waals surface area contributed by atoms with Crippen LogP contribution < -0.4 is 16.0 Å². The molecule has 1 aromatic carbocycles. The zero-order valence-electron chi connectivity index (χ0n) is 12.8. The van der Waals surface area contributed by atoms with Crippen LogP contribution in [0.5, 0.6) is 0 Å². The lowest BCUT2D eigenvalue weighted by molar-refractivity contribution is -0.123. The number of hydrogen-bond donors (Lipinski definition) is 3. The molecule has 2 heterocycles. The molecule has 2 fully saturated rings. The molecule has 0 saturated carbocycles. The summed E-state index contributed by atoms with van der Waals surface area (Å²) >= 11 is 0. The first-order chi connectivity index (χ1) is 11.1. The van der Waals surface area contributed by atoms with E-state index in [-0.39, 0.29) is 23.8 Å². The summed E-state index contributed by atoms with van der Waals surface area (Å²) in [5.41, 5.74) is 1.09. The van der Waals surface area contributed by atoms with Gasteiger partial charge in [-0.15, -0.1) is 0 Å². The second kappa shape index (κ2) is 6.95. The number of nitrogens with zero attached hydrogens (tertiary/aromatic N) is 1. The largest absolute Gasteiger partial charge is 0.351 e. The Balaban J connectivity index is 1.42. The summed E-state index contributed by atoms with van der Waals surface area (Å²) in [6.45, 7) is 2.91. The van der Waals surface area contributed by atoms with Crippen LogP contribution in [0.2, 0.25) is 0 Å². The maximum Gasteiger partial charge on any atom is 0.315 e. The van der Waals surface area contributed by atoms with Gasteiger partial charge in [0.25, 0.3) is 0 Å². The van der Waals surface area contributed by atoms with Gasteiger partial charge in [-0.1, -0.05) is 12.1 Å². The second-order valence-electron chi connectivity index (χ2n) is 6.09. The van der Waals surface area contributed by atoms with E-state index in [1.165, 1.54) is 12.1 Å². The summed E-state index contributed by atoms with van der Waals surface area (Å²) in [6, 6.07) is 5.94. The lowest BCUT2D eigenvalue weighted by Crippen LogP contribution is -2.50. The Labute approximate surface area is 134 Å². The minimum Gasteiger partial charge on any atom is -0.351 e. The summed E-state index contributed by atoms with van der Waals surface area (Å²) in [7, 11) is 0. The highest BCUT2D eigenvalue weighted by atomic mass is 19.1. The predicted octanol–water partition coefficient (Wildman–Crippen LogP) is 0.588. The summed E-state index contributed by atoms with van der Waals surface area (Å²) in [6.07, 6.45) is 1.75. The maximum absolute atomic E-state index is 12.9. The van der Waals surface area contributed by atoms with Gasteiger partial charge in [0.05, 0.1) is 0 Å². The van der Waals surface area contributed by atoms with E-state index in [4.69, 9.17) is 0 Å². The molecule has 2 saturated heterocycles. The first-order valence-electron chi connectivity index (χ1n) is 7.92. The molecule has 0 radical (unpaired) electrons. The van der Waals surface area contributed by atoms with Gasteiger partial charge in [0.2, 0.25) is 5.91 Å². The Hall–Kier alpha value is -2.15. The van der Waals surface area contributed by atoms with Crippen molar-refractivity contribution >= 4 is 11.9 Å². The van der Waals surface area contributed by atoms with Gasteiger partial charge in [0, 0.05) is 32.2 Å². The smallest absolute Gasteiger partial charge is 0.315 e. The fraction of sp³-hybridized carbons (Fsp3) is 0.500. The quantitative estimate of drug-likeness (QED) is 0.760. The third-order valence-corrected chi connectivity index (χ3v) is 4.34. The zero-order valence-corrected chi connectivity index (χ0v) is 12.8. The molecule has 1 aromatic rings. The van der Waals surface area contributed by atoms with Crippen molar-refractivity contribution in [3.05, 3.63) is 35.6 Å². The molecule has 6 nitrogen and oxygen atoms in total. The van der Waals surface area contributed by atoms with E-state index in [9.17, 15) is 14.0 Å². The normalized spacial score (nSPS) is 22.5. The van der Waals surface area contributed by atoms with Crippen molar-refractivity contribution < 1.29 is 14.0 Å². The number of urea groups is 1.